The standard InChI is InChI=1S/C16H15Cl2NO3S/c1-2-23(21,22)15-5-3-11(4-6-15)7-16(20)19-14-9-12(17)8-13(18)10-14/h3-6,8-10H,2,7H2,1H3,(H,19,20). The van der Waals surface area contributed by atoms with Crippen LogP contribution in [0.2, 0.25) is 10.0 Å². The van der Waals surface area contributed by atoms with E-state index in [-0.39, 0.29) is 23.0 Å². The van der Waals surface area contributed by atoms with Crippen LogP contribution in [0.1, 0.15) is 12.5 Å². The molecule has 0 saturated heterocycles. The van der Waals surface area contributed by atoms with Crippen LogP contribution in [0.4, 0.5) is 5.69 Å². The lowest BCUT2D eigenvalue weighted by atomic mass is 10.1. The molecule has 1 amide bonds. The lowest BCUT2D eigenvalue weighted by molar-refractivity contribution is -0.115. The van der Waals surface area contributed by atoms with E-state index in [1.54, 1.807) is 37.3 Å². The summed E-state index contributed by atoms with van der Waals surface area (Å²) in [6.07, 6.45) is 0.122. The molecule has 2 rings (SSSR count). The second-order valence-corrected chi connectivity index (χ2v) is 8.08. The second kappa shape index (κ2) is 7.34. The van der Waals surface area contributed by atoms with Crippen LogP contribution in [0.5, 0.6) is 0 Å². The van der Waals surface area contributed by atoms with Crippen molar-refractivity contribution in [1.82, 2.24) is 0 Å². The molecule has 1 N–H and O–H groups in total. The molecule has 0 heterocycles. The van der Waals surface area contributed by atoms with Gasteiger partial charge in [0.05, 0.1) is 17.1 Å². The molecule has 0 aliphatic rings. The Kier molecular flexibility index (Phi) is 5.68. The highest BCUT2D eigenvalue weighted by Crippen LogP contribution is 2.22. The molecule has 0 aliphatic carbocycles. The number of benzene rings is 2. The Bertz CT molecular complexity index is 797. The summed E-state index contributed by atoms with van der Waals surface area (Å²) in [5, 5.41) is 3.57. The highest BCUT2D eigenvalue weighted by Gasteiger charge is 2.12. The third-order valence-corrected chi connectivity index (χ3v) is 5.36. The zero-order chi connectivity index (χ0) is 17.0. The smallest absolute Gasteiger partial charge is 0.228 e. The molecule has 2 aromatic carbocycles. The fourth-order valence-electron chi connectivity index (χ4n) is 2.00. The number of anilines is 1. The minimum absolute atomic E-state index is 0.0440. The number of hydrogen-bond donors (Lipinski definition) is 1. The van der Waals surface area contributed by atoms with E-state index in [4.69, 9.17) is 23.2 Å². The number of hydrogen-bond acceptors (Lipinski definition) is 3. The normalized spacial score (nSPS) is 11.3. The number of carbonyl (C=O) groups excluding carboxylic acids is 1. The van der Waals surface area contributed by atoms with Gasteiger partial charge in [-0.1, -0.05) is 42.3 Å². The first-order valence-electron chi connectivity index (χ1n) is 6.88. The van der Waals surface area contributed by atoms with Crippen LogP contribution in [0.3, 0.4) is 0 Å². The van der Waals surface area contributed by atoms with Gasteiger partial charge in [-0.05, 0) is 35.9 Å². The minimum Gasteiger partial charge on any atom is -0.326 e. The summed E-state index contributed by atoms with van der Waals surface area (Å²) in [7, 11) is -3.23. The van der Waals surface area contributed by atoms with E-state index < -0.39 is 9.84 Å². The predicted molar refractivity (Wildman–Crippen MR) is 93.0 cm³/mol. The molecule has 4 nitrogen and oxygen atoms in total. The molecule has 23 heavy (non-hydrogen) atoms. The Balaban J connectivity index is 2.06. The van der Waals surface area contributed by atoms with Crippen LogP contribution in [0, 0.1) is 0 Å². The quantitative estimate of drug-likeness (QED) is 0.864. The Morgan fingerprint density at radius 2 is 1.61 bits per heavy atom. The van der Waals surface area contributed by atoms with E-state index in [2.05, 4.69) is 5.32 Å². The predicted octanol–water partition coefficient (Wildman–Crippen LogP) is 3.97. The van der Waals surface area contributed by atoms with E-state index in [1.165, 1.54) is 12.1 Å². The fraction of sp³-hybridized carbons (Fsp3) is 0.188. The summed E-state index contributed by atoms with van der Waals surface area (Å²) < 4.78 is 23.5. The number of amides is 1. The summed E-state index contributed by atoms with van der Waals surface area (Å²) in [6, 6.07) is 11.1. The first-order valence-corrected chi connectivity index (χ1v) is 9.28. The number of rotatable bonds is 5. The van der Waals surface area contributed by atoms with Crippen molar-refractivity contribution in [3.8, 4) is 0 Å². The topological polar surface area (TPSA) is 63.2 Å². The van der Waals surface area contributed by atoms with E-state index in [0.717, 1.165) is 0 Å². The van der Waals surface area contributed by atoms with E-state index >= 15 is 0 Å². The van der Waals surface area contributed by atoms with Gasteiger partial charge in [0.25, 0.3) is 0 Å². The number of carbonyl (C=O) groups is 1. The lowest BCUT2D eigenvalue weighted by Crippen LogP contribution is -2.14. The average molecular weight is 372 g/mol. The third kappa shape index (κ3) is 4.96. The zero-order valence-electron chi connectivity index (χ0n) is 12.3. The van der Waals surface area contributed by atoms with Crippen molar-refractivity contribution >= 4 is 44.6 Å². The molecule has 0 spiro atoms. The van der Waals surface area contributed by atoms with Crippen molar-refractivity contribution in [2.75, 3.05) is 11.1 Å². The molecular weight excluding hydrogens is 357 g/mol. The summed E-state index contributed by atoms with van der Waals surface area (Å²) in [4.78, 5) is 12.3. The molecule has 7 heteroatoms. The molecule has 0 bridgehead atoms. The van der Waals surface area contributed by atoms with Crippen LogP contribution in [-0.4, -0.2) is 20.1 Å². The molecule has 0 radical (unpaired) electrons. The third-order valence-electron chi connectivity index (χ3n) is 3.17. The van der Waals surface area contributed by atoms with Crippen LogP contribution in [0.25, 0.3) is 0 Å². The number of nitrogens with one attached hydrogen (secondary N) is 1. The molecule has 2 aromatic rings. The molecule has 0 aliphatic heterocycles. The van der Waals surface area contributed by atoms with Gasteiger partial charge in [0.15, 0.2) is 9.84 Å². The summed E-state index contributed by atoms with van der Waals surface area (Å²) in [5.41, 5.74) is 1.23. The van der Waals surface area contributed by atoms with Crippen molar-refractivity contribution in [2.45, 2.75) is 18.2 Å². The maximum absolute atomic E-state index is 12.0. The highest BCUT2D eigenvalue weighted by molar-refractivity contribution is 7.91. The average Bonchev–Trinajstić information content (AvgIpc) is 2.46. The van der Waals surface area contributed by atoms with Crippen molar-refractivity contribution in [2.24, 2.45) is 0 Å². The molecular formula is C16H15Cl2NO3S. The van der Waals surface area contributed by atoms with Crippen molar-refractivity contribution in [3.63, 3.8) is 0 Å². The van der Waals surface area contributed by atoms with Gasteiger partial charge in [0.2, 0.25) is 5.91 Å². The summed E-state index contributed by atoms with van der Waals surface area (Å²) >= 11 is 11.7. The Hall–Kier alpha value is -1.56. The van der Waals surface area contributed by atoms with Gasteiger partial charge in [-0.3, -0.25) is 4.79 Å². The van der Waals surface area contributed by atoms with Gasteiger partial charge < -0.3 is 5.32 Å². The van der Waals surface area contributed by atoms with Gasteiger partial charge in [-0.25, -0.2) is 8.42 Å². The van der Waals surface area contributed by atoms with Gasteiger partial charge in [-0.2, -0.15) is 0 Å². The number of sulfone groups is 1. The molecule has 0 unspecified atom stereocenters. The van der Waals surface area contributed by atoms with E-state index in [1.807, 2.05) is 0 Å². The van der Waals surface area contributed by atoms with Gasteiger partial charge in [-0.15, -0.1) is 0 Å². The summed E-state index contributed by atoms with van der Waals surface area (Å²) in [6.45, 7) is 1.59. The fourth-order valence-corrected chi connectivity index (χ4v) is 3.41. The van der Waals surface area contributed by atoms with Crippen molar-refractivity contribution in [1.29, 1.82) is 0 Å². The second-order valence-electron chi connectivity index (χ2n) is 4.93. The van der Waals surface area contributed by atoms with Crippen molar-refractivity contribution < 1.29 is 13.2 Å². The van der Waals surface area contributed by atoms with E-state index in [9.17, 15) is 13.2 Å². The monoisotopic (exact) mass is 371 g/mol. The maximum Gasteiger partial charge on any atom is 0.228 e. The molecule has 0 fully saturated rings. The Morgan fingerprint density at radius 1 is 1.04 bits per heavy atom. The lowest BCUT2D eigenvalue weighted by Gasteiger charge is -2.07. The molecule has 0 saturated carbocycles. The minimum atomic E-state index is -3.23. The Labute approximate surface area is 145 Å². The highest BCUT2D eigenvalue weighted by atomic mass is 35.5. The van der Waals surface area contributed by atoms with Crippen LogP contribution < -0.4 is 5.32 Å². The SMILES string of the molecule is CCS(=O)(=O)c1ccc(CC(=O)Nc2cc(Cl)cc(Cl)c2)cc1. The first kappa shape index (κ1) is 17.8. The largest absolute Gasteiger partial charge is 0.326 e. The maximum atomic E-state index is 12.0. The zero-order valence-corrected chi connectivity index (χ0v) is 14.7. The van der Waals surface area contributed by atoms with E-state index in [0.29, 0.717) is 21.3 Å². The summed E-state index contributed by atoms with van der Waals surface area (Å²) in [5.74, 6) is -0.197. The molecule has 0 atom stereocenters. The van der Waals surface area contributed by atoms with Crippen LogP contribution in [-0.2, 0) is 21.1 Å². The van der Waals surface area contributed by atoms with Crippen LogP contribution >= 0.6 is 23.2 Å². The number of halogens is 2. The molecule has 122 valence electrons. The van der Waals surface area contributed by atoms with Gasteiger partial charge in [0.1, 0.15) is 0 Å². The van der Waals surface area contributed by atoms with Crippen LogP contribution in [0.15, 0.2) is 47.4 Å². The Morgan fingerprint density at radius 3 is 2.13 bits per heavy atom. The van der Waals surface area contributed by atoms with Gasteiger partial charge in [0, 0.05) is 15.7 Å². The van der Waals surface area contributed by atoms with Crippen molar-refractivity contribution in [3.05, 3.63) is 58.1 Å². The first-order chi connectivity index (χ1) is 10.8. The van der Waals surface area contributed by atoms with Gasteiger partial charge >= 0.3 is 0 Å². The molecule has 0 aromatic heterocycles.